The maximum atomic E-state index is 5.08. The van der Waals surface area contributed by atoms with Crippen molar-refractivity contribution in [1.82, 2.24) is 10.6 Å². The Morgan fingerprint density at radius 3 is 2.85 bits per heavy atom. The molecule has 1 saturated carbocycles. The predicted octanol–water partition coefficient (Wildman–Crippen LogP) is 1.75. The average Bonchev–Trinajstić information content (AvgIpc) is 2.18. The van der Waals surface area contributed by atoms with Gasteiger partial charge in [-0.05, 0) is 37.7 Å². The SMILES string of the molecule is CNC(=S)NC1CCCC(SC)C1. The molecule has 1 fully saturated rings. The molecule has 1 aliphatic rings. The molecule has 76 valence electrons. The zero-order chi connectivity index (χ0) is 9.68. The van der Waals surface area contributed by atoms with Crippen LogP contribution in [0.15, 0.2) is 0 Å². The van der Waals surface area contributed by atoms with Crippen LogP contribution < -0.4 is 10.6 Å². The highest BCUT2D eigenvalue weighted by molar-refractivity contribution is 7.99. The standard InChI is InChI=1S/C9H18N2S2/c1-10-9(12)11-7-4-3-5-8(6-7)13-2/h7-8H,3-6H2,1-2H3,(H2,10,11,12). The fourth-order valence-electron chi connectivity index (χ4n) is 1.75. The van der Waals surface area contributed by atoms with Crippen LogP contribution in [-0.4, -0.2) is 29.7 Å². The average molecular weight is 218 g/mol. The summed E-state index contributed by atoms with van der Waals surface area (Å²) in [5.41, 5.74) is 0. The van der Waals surface area contributed by atoms with Gasteiger partial charge in [-0.15, -0.1) is 0 Å². The Kier molecular flexibility index (Phi) is 4.88. The highest BCUT2D eigenvalue weighted by Gasteiger charge is 2.21. The lowest BCUT2D eigenvalue weighted by molar-refractivity contribution is 0.422. The second-order valence-corrected chi connectivity index (χ2v) is 4.99. The molecule has 1 aliphatic carbocycles. The van der Waals surface area contributed by atoms with E-state index in [1.165, 1.54) is 25.7 Å². The van der Waals surface area contributed by atoms with Gasteiger partial charge in [0.05, 0.1) is 0 Å². The molecule has 0 spiro atoms. The first-order valence-electron chi connectivity index (χ1n) is 4.77. The Bertz CT molecular complexity index is 173. The molecule has 0 heterocycles. The maximum Gasteiger partial charge on any atom is 0.166 e. The van der Waals surface area contributed by atoms with Crippen molar-refractivity contribution in [2.24, 2.45) is 0 Å². The van der Waals surface area contributed by atoms with Crippen molar-refractivity contribution in [1.29, 1.82) is 0 Å². The summed E-state index contributed by atoms with van der Waals surface area (Å²) in [4.78, 5) is 0. The molecule has 0 saturated heterocycles. The topological polar surface area (TPSA) is 24.1 Å². The Balaban J connectivity index is 2.29. The van der Waals surface area contributed by atoms with Crippen molar-refractivity contribution in [3.8, 4) is 0 Å². The molecule has 0 amide bonds. The minimum Gasteiger partial charge on any atom is -0.366 e. The van der Waals surface area contributed by atoms with E-state index in [4.69, 9.17) is 12.2 Å². The lowest BCUT2D eigenvalue weighted by atomic mass is 9.95. The van der Waals surface area contributed by atoms with E-state index in [9.17, 15) is 0 Å². The van der Waals surface area contributed by atoms with Crippen molar-refractivity contribution in [2.75, 3.05) is 13.3 Å². The van der Waals surface area contributed by atoms with Gasteiger partial charge in [-0.3, -0.25) is 0 Å². The number of thioether (sulfide) groups is 1. The van der Waals surface area contributed by atoms with Crippen LogP contribution in [0.2, 0.25) is 0 Å². The van der Waals surface area contributed by atoms with Crippen LogP contribution in [-0.2, 0) is 0 Å². The van der Waals surface area contributed by atoms with Crippen molar-refractivity contribution in [3.05, 3.63) is 0 Å². The van der Waals surface area contributed by atoms with Gasteiger partial charge in [-0.2, -0.15) is 11.8 Å². The zero-order valence-corrected chi connectivity index (χ0v) is 9.93. The molecule has 0 aromatic rings. The summed E-state index contributed by atoms with van der Waals surface area (Å²) in [6.07, 6.45) is 7.41. The van der Waals surface area contributed by atoms with E-state index in [1.54, 1.807) is 0 Å². The number of hydrogen-bond acceptors (Lipinski definition) is 2. The molecule has 2 N–H and O–H groups in total. The molecule has 2 atom stereocenters. The normalized spacial score (nSPS) is 28.2. The van der Waals surface area contributed by atoms with Crippen molar-refractivity contribution < 1.29 is 0 Å². The summed E-state index contributed by atoms with van der Waals surface area (Å²) in [5.74, 6) is 0. The smallest absolute Gasteiger partial charge is 0.166 e. The summed E-state index contributed by atoms with van der Waals surface area (Å²) in [6, 6.07) is 0.589. The quantitative estimate of drug-likeness (QED) is 0.690. The molecule has 1 rings (SSSR count). The molecule has 0 aromatic carbocycles. The first-order chi connectivity index (χ1) is 6.26. The van der Waals surface area contributed by atoms with Gasteiger partial charge in [0.1, 0.15) is 0 Å². The van der Waals surface area contributed by atoms with E-state index in [-0.39, 0.29) is 0 Å². The van der Waals surface area contributed by atoms with Crippen LogP contribution in [0.4, 0.5) is 0 Å². The number of hydrogen-bond donors (Lipinski definition) is 2. The molecular formula is C9H18N2S2. The molecular weight excluding hydrogens is 200 g/mol. The Morgan fingerprint density at radius 2 is 2.23 bits per heavy atom. The van der Waals surface area contributed by atoms with Crippen LogP contribution in [0.1, 0.15) is 25.7 Å². The van der Waals surface area contributed by atoms with E-state index >= 15 is 0 Å². The predicted molar refractivity (Wildman–Crippen MR) is 64.4 cm³/mol. The van der Waals surface area contributed by atoms with Crippen LogP contribution in [0.3, 0.4) is 0 Å². The van der Waals surface area contributed by atoms with Crippen LogP contribution >= 0.6 is 24.0 Å². The Hall–Kier alpha value is 0.0400. The number of rotatable bonds is 2. The van der Waals surface area contributed by atoms with Gasteiger partial charge in [-0.1, -0.05) is 6.42 Å². The lowest BCUT2D eigenvalue weighted by Crippen LogP contribution is -2.43. The third-order valence-electron chi connectivity index (χ3n) is 2.52. The third-order valence-corrected chi connectivity index (χ3v) is 3.94. The number of thiocarbonyl (C=S) groups is 1. The van der Waals surface area contributed by atoms with Crippen molar-refractivity contribution >= 4 is 29.1 Å². The summed E-state index contributed by atoms with van der Waals surface area (Å²) in [7, 11) is 1.87. The fraction of sp³-hybridized carbons (Fsp3) is 0.889. The van der Waals surface area contributed by atoms with Gasteiger partial charge < -0.3 is 10.6 Å². The summed E-state index contributed by atoms with van der Waals surface area (Å²) in [5, 5.41) is 7.91. The first-order valence-corrected chi connectivity index (χ1v) is 6.47. The van der Waals surface area contributed by atoms with E-state index in [0.29, 0.717) is 6.04 Å². The Morgan fingerprint density at radius 1 is 1.46 bits per heavy atom. The summed E-state index contributed by atoms with van der Waals surface area (Å²) >= 11 is 7.06. The van der Waals surface area contributed by atoms with E-state index in [1.807, 2.05) is 18.8 Å². The van der Waals surface area contributed by atoms with Crippen LogP contribution in [0.5, 0.6) is 0 Å². The van der Waals surface area contributed by atoms with Gasteiger partial charge in [0.25, 0.3) is 0 Å². The monoisotopic (exact) mass is 218 g/mol. The van der Waals surface area contributed by atoms with E-state index < -0.39 is 0 Å². The largest absolute Gasteiger partial charge is 0.366 e. The molecule has 13 heavy (non-hydrogen) atoms. The minimum absolute atomic E-state index is 0.589. The summed E-state index contributed by atoms with van der Waals surface area (Å²) < 4.78 is 0. The maximum absolute atomic E-state index is 5.08. The molecule has 0 bridgehead atoms. The molecule has 0 radical (unpaired) electrons. The number of nitrogens with one attached hydrogen (secondary N) is 2. The highest BCUT2D eigenvalue weighted by Crippen LogP contribution is 2.26. The molecule has 2 nitrogen and oxygen atoms in total. The van der Waals surface area contributed by atoms with Crippen LogP contribution in [0, 0.1) is 0 Å². The molecule has 2 unspecified atom stereocenters. The van der Waals surface area contributed by atoms with Crippen molar-refractivity contribution in [2.45, 2.75) is 37.0 Å². The fourth-order valence-corrected chi connectivity index (χ4v) is 2.74. The Labute approximate surface area is 90.2 Å². The highest BCUT2D eigenvalue weighted by atomic mass is 32.2. The lowest BCUT2D eigenvalue weighted by Gasteiger charge is -2.29. The van der Waals surface area contributed by atoms with Gasteiger partial charge in [-0.25, -0.2) is 0 Å². The van der Waals surface area contributed by atoms with E-state index in [0.717, 1.165) is 10.4 Å². The van der Waals surface area contributed by atoms with Crippen molar-refractivity contribution in [3.63, 3.8) is 0 Å². The second-order valence-electron chi connectivity index (χ2n) is 3.44. The van der Waals surface area contributed by atoms with Gasteiger partial charge in [0.15, 0.2) is 5.11 Å². The van der Waals surface area contributed by atoms with Crippen LogP contribution in [0.25, 0.3) is 0 Å². The molecule has 4 heteroatoms. The summed E-state index contributed by atoms with van der Waals surface area (Å²) in [6.45, 7) is 0. The third kappa shape index (κ3) is 3.73. The van der Waals surface area contributed by atoms with E-state index in [2.05, 4.69) is 16.9 Å². The minimum atomic E-state index is 0.589. The second kappa shape index (κ2) is 5.70. The zero-order valence-electron chi connectivity index (χ0n) is 8.30. The van der Waals surface area contributed by atoms with Gasteiger partial charge in [0.2, 0.25) is 0 Å². The molecule has 0 aromatic heterocycles. The molecule has 0 aliphatic heterocycles. The van der Waals surface area contributed by atoms with Gasteiger partial charge in [0, 0.05) is 18.3 Å². The first kappa shape index (κ1) is 11.1. The van der Waals surface area contributed by atoms with Gasteiger partial charge >= 0.3 is 0 Å².